The summed E-state index contributed by atoms with van der Waals surface area (Å²) in [6, 6.07) is 8.06. The normalized spacial score (nSPS) is 13.3. The lowest BCUT2D eigenvalue weighted by Gasteiger charge is -2.10. The summed E-state index contributed by atoms with van der Waals surface area (Å²) in [5.74, 6) is 1.02. The van der Waals surface area contributed by atoms with Gasteiger partial charge in [-0.3, -0.25) is 0 Å². The SMILES string of the molecule is CC(C)c1ccc(C(O)CS)cc1. The molecule has 1 unspecified atom stereocenters. The van der Waals surface area contributed by atoms with Crippen LogP contribution in [0.15, 0.2) is 24.3 Å². The van der Waals surface area contributed by atoms with Gasteiger partial charge in [-0.25, -0.2) is 0 Å². The van der Waals surface area contributed by atoms with E-state index in [1.165, 1.54) is 5.56 Å². The molecule has 72 valence electrons. The van der Waals surface area contributed by atoms with Crippen LogP contribution in [0.2, 0.25) is 0 Å². The Morgan fingerprint density at radius 2 is 1.62 bits per heavy atom. The maximum atomic E-state index is 9.48. The van der Waals surface area contributed by atoms with E-state index in [0.29, 0.717) is 11.7 Å². The van der Waals surface area contributed by atoms with Crippen LogP contribution < -0.4 is 0 Å². The third-order valence-electron chi connectivity index (χ3n) is 2.16. The van der Waals surface area contributed by atoms with Crippen LogP contribution in [0.1, 0.15) is 37.0 Å². The first-order valence-electron chi connectivity index (χ1n) is 4.54. The Morgan fingerprint density at radius 1 is 1.15 bits per heavy atom. The van der Waals surface area contributed by atoms with Crippen LogP contribution in [-0.2, 0) is 0 Å². The molecular formula is C11H16OS. The molecule has 0 aliphatic heterocycles. The van der Waals surface area contributed by atoms with Crippen molar-refractivity contribution >= 4 is 12.6 Å². The van der Waals surface area contributed by atoms with Crippen molar-refractivity contribution in [2.24, 2.45) is 0 Å². The molecule has 2 heteroatoms. The second-order valence-electron chi connectivity index (χ2n) is 3.52. The van der Waals surface area contributed by atoms with E-state index in [0.717, 1.165) is 5.56 Å². The average Bonchev–Trinajstić information content (AvgIpc) is 2.17. The van der Waals surface area contributed by atoms with Crippen molar-refractivity contribution in [1.82, 2.24) is 0 Å². The summed E-state index contributed by atoms with van der Waals surface area (Å²) in [6.45, 7) is 4.31. The maximum absolute atomic E-state index is 9.48. The second kappa shape index (κ2) is 4.68. The predicted octanol–water partition coefficient (Wildman–Crippen LogP) is 2.77. The average molecular weight is 196 g/mol. The molecule has 0 heterocycles. The molecule has 0 amide bonds. The molecule has 0 saturated carbocycles. The van der Waals surface area contributed by atoms with Gasteiger partial charge in [-0.1, -0.05) is 38.1 Å². The first-order chi connectivity index (χ1) is 6.15. The fraction of sp³-hybridized carbons (Fsp3) is 0.455. The maximum Gasteiger partial charge on any atom is 0.0877 e. The molecule has 1 N–H and O–H groups in total. The van der Waals surface area contributed by atoms with Gasteiger partial charge in [-0.2, -0.15) is 12.6 Å². The highest BCUT2D eigenvalue weighted by Gasteiger charge is 2.05. The number of hydrogen-bond donors (Lipinski definition) is 2. The van der Waals surface area contributed by atoms with E-state index >= 15 is 0 Å². The van der Waals surface area contributed by atoms with Gasteiger partial charge < -0.3 is 5.11 Å². The molecule has 0 spiro atoms. The lowest BCUT2D eigenvalue weighted by atomic mass is 10.0. The number of aliphatic hydroxyl groups excluding tert-OH is 1. The molecule has 0 aliphatic carbocycles. The molecular weight excluding hydrogens is 180 g/mol. The minimum Gasteiger partial charge on any atom is -0.388 e. The summed E-state index contributed by atoms with van der Waals surface area (Å²) in [5.41, 5.74) is 2.24. The lowest BCUT2D eigenvalue weighted by molar-refractivity contribution is 0.204. The minimum absolute atomic E-state index is 0.440. The van der Waals surface area contributed by atoms with Gasteiger partial charge >= 0.3 is 0 Å². The van der Waals surface area contributed by atoms with E-state index in [9.17, 15) is 5.11 Å². The highest BCUT2D eigenvalue weighted by Crippen LogP contribution is 2.19. The molecule has 0 radical (unpaired) electrons. The van der Waals surface area contributed by atoms with Crippen LogP contribution in [0.5, 0.6) is 0 Å². The van der Waals surface area contributed by atoms with Crippen molar-refractivity contribution in [3.8, 4) is 0 Å². The third-order valence-corrected chi connectivity index (χ3v) is 2.51. The quantitative estimate of drug-likeness (QED) is 0.712. The Kier molecular flexibility index (Phi) is 3.82. The minimum atomic E-state index is -0.440. The fourth-order valence-electron chi connectivity index (χ4n) is 1.21. The van der Waals surface area contributed by atoms with Gasteiger partial charge in [-0.15, -0.1) is 0 Å². The second-order valence-corrected chi connectivity index (χ2v) is 3.88. The molecule has 1 aromatic rings. The highest BCUT2D eigenvalue weighted by molar-refractivity contribution is 7.80. The number of benzene rings is 1. The van der Waals surface area contributed by atoms with Gasteiger partial charge in [-0.05, 0) is 17.0 Å². The van der Waals surface area contributed by atoms with Crippen LogP contribution in [0.25, 0.3) is 0 Å². The van der Waals surface area contributed by atoms with Crippen molar-refractivity contribution in [2.45, 2.75) is 25.9 Å². The zero-order valence-corrected chi connectivity index (χ0v) is 8.96. The Morgan fingerprint density at radius 3 is 2.00 bits per heavy atom. The number of thiol groups is 1. The molecule has 0 saturated heterocycles. The van der Waals surface area contributed by atoms with Gasteiger partial charge in [0.25, 0.3) is 0 Å². The molecule has 1 atom stereocenters. The monoisotopic (exact) mass is 196 g/mol. The molecule has 0 fully saturated rings. The largest absolute Gasteiger partial charge is 0.388 e. The van der Waals surface area contributed by atoms with E-state index in [4.69, 9.17) is 0 Å². The predicted molar refractivity (Wildman–Crippen MR) is 59.3 cm³/mol. The van der Waals surface area contributed by atoms with Gasteiger partial charge in [0.15, 0.2) is 0 Å². The molecule has 0 aromatic heterocycles. The van der Waals surface area contributed by atoms with E-state index in [-0.39, 0.29) is 0 Å². The number of aliphatic hydroxyl groups is 1. The Hall–Kier alpha value is -0.470. The summed E-state index contributed by atoms with van der Waals surface area (Å²) in [4.78, 5) is 0. The first-order valence-corrected chi connectivity index (χ1v) is 5.17. The molecule has 0 bridgehead atoms. The Balaban J connectivity index is 2.81. The molecule has 1 rings (SSSR count). The van der Waals surface area contributed by atoms with E-state index < -0.39 is 6.10 Å². The number of hydrogen-bond acceptors (Lipinski definition) is 2. The van der Waals surface area contributed by atoms with E-state index in [2.05, 4.69) is 38.6 Å². The highest BCUT2D eigenvalue weighted by atomic mass is 32.1. The smallest absolute Gasteiger partial charge is 0.0877 e. The van der Waals surface area contributed by atoms with Gasteiger partial charge in [0.05, 0.1) is 6.10 Å². The van der Waals surface area contributed by atoms with Crippen LogP contribution in [0, 0.1) is 0 Å². The topological polar surface area (TPSA) is 20.2 Å². The lowest BCUT2D eigenvalue weighted by Crippen LogP contribution is -1.98. The Bertz CT molecular complexity index is 253. The summed E-state index contributed by atoms with van der Waals surface area (Å²) in [6.07, 6.45) is -0.440. The van der Waals surface area contributed by atoms with E-state index in [1.54, 1.807) is 0 Å². The van der Waals surface area contributed by atoms with Crippen LogP contribution >= 0.6 is 12.6 Å². The third kappa shape index (κ3) is 2.75. The Labute approximate surface area is 85.2 Å². The zero-order valence-electron chi connectivity index (χ0n) is 8.07. The van der Waals surface area contributed by atoms with E-state index in [1.807, 2.05) is 12.1 Å². The van der Waals surface area contributed by atoms with Gasteiger partial charge in [0.2, 0.25) is 0 Å². The van der Waals surface area contributed by atoms with Crippen LogP contribution in [0.3, 0.4) is 0 Å². The number of rotatable bonds is 3. The molecule has 1 nitrogen and oxygen atoms in total. The molecule has 13 heavy (non-hydrogen) atoms. The van der Waals surface area contributed by atoms with Crippen molar-refractivity contribution in [1.29, 1.82) is 0 Å². The van der Waals surface area contributed by atoms with Crippen molar-refractivity contribution < 1.29 is 5.11 Å². The van der Waals surface area contributed by atoms with Crippen LogP contribution in [-0.4, -0.2) is 10.9 Å². The fourth-order valence-corrected chi connectivity index (χ4v) is 1.42. The first kappa shape index (κ1) is 10.6. The van der Waals surface area contributed by atoms with Gasteiger partial charge in [0, 0.05) is 5.75 Å². The van der Waals surface area contributed by atoms with Crippen molar-refractivity contribution in [3.63, 3.8) is 0 Å². The summed E-state index contributed by atoms with van der Waals surface area (Å²) >= 11 is 4.04. The van der Waals surface area contributed by atoms with Gasteiger partial charge in [0.1, 0.15) is 0 Å². The molecule has 1 aromatic carbocycles. The summed E-state index contributed by atoms with van der Waals surface area (Å²) in [7, 11) is 0. The summed E-state index contributed by atoms with van der Waals surface area (Å²) < 4.78 is 0. The van der Waals surface area contributed by atoms with Crippen molar-refractivity contribution in [2.75, 3.05) is 5.75 Å². The standard InChI is InChI=1S/C11H16OS/c1-8(2)9-3-5-10(6-4-9)11(12)7-13/h3-6,8,11-13H,7H2,1-2H3. The zero-order chi connectivity index (χ0) is 9.84. The molecule has 0 aliphatic rings. The van der Waals surface area contributed by atoms with Crippen LogP contribution in [0.4, 0.5) is 0 Å². The van der Waals surface area contributed by atoms with Crippen molar-refractivity contribution in [3.05, 3.63) is 35.4 Å². The summed E-state index contributed by atoms with van der Waals surface area (Å²) in [5, 5.41) is 9.48.